The fourth-order valence-electron chi connectivity index (χ4n) is 2.32. The molecule has 1 heterocycles. The second kappa shape index (κ2) is 6.38. The summed E-state index contributed by atoms with van der Waals surface area (Å²) in [6.45, 7) is 2.78. The van der Waals surface area contributed by atoms with Gasteiger partial charge in [0.25, 0.3) is 0 Å². The lowest BCUT2D eigenvalue weighted by molar-refractivity contribution is 0.171. The summed E-state index contributed by atoms with van der Waals surface area (Å²) in [7, 11) is -3.86. The van der Waals surface area contributed by atoms with Crippen molar-refractivity contribution in [1.82, 2.24) is 0 Å². The number of hydrogen-bond acceptors (Lipinski definition) is 5. The highest BCUT2D eigenvalue weighted by Crippen LogP contribution is 2.32. The Hall–Kier alpha value is -2.78. The van der Waals surface area contributed by atoms with Gasteiger partial charge in [0.15, 0.2) is 11.5 Å². The van der Waals surface area contributed by atoms with Crippen molar-refractivity contribution >= 4 is 15.9 Å². The minimum absolute atomic E-state index is 0.0958. The maximum atomic E-state index is 12.6. The van der Waals surface area contributed by atoms with Crippen LogP contribution in [-0.2, 0) is 9.84 Å². The van der Waals surface area contributed by atoms with Gasteiger partial charge in [0.2, 0.25) is 9.84 Å². The van der Waals surface area contributed by atoms with Crippen LogP contribution in [-0.4, -0.2) is 21.6 Å². The van der Waals surface area contributed by atoms with Gasteiger partial charge in [0.1, 0.15) is 24.2 Å². The maximum absolute atomic E-state index is 12.6. The molecule has 2 aromatic carbocycles. The fourth-order valence-corrected chi connectivity index (χ4v) is 3.48. The number of nitriles is 1. The van der Waals surface area contributed by atoms with E-state index in [1.165, 1.54) is 18.2 Å². The first-order chi connectivity index (χ1) is 11.5. The van der Waals surface area contributed by atoms with Crippen LogP contribution in [0.5, 0.6) is 11.5 Å². The van der Waals surface area contributed by atoms with E-state index in [1.54, 1.807) is 36.4 Å². The molecule has 24 heavy (non-hydrogen) atoms. The number of ether oxygens (including phenoxy) is 2. The third kappa shape index (κ3) is 3.12. The third-order valence-corrected chi connectivity index (χ3v) is 5.28. The lowest BCUT2D eigenvalue weighted by Gasteiger charge is -2.18. The van der Waals surface area contributed by atoms with Crippen LogP contribution in [0, 0.1) is 18.3 Å². The molecule has 0 radical (unpaired) electrons. The molecular formula is C18H15NO4S. The lowest BCUT2D eigenvalue weighted by atomic mass is 10.2. The molecule has 1 aliphatic rings. The quantitative estimate of drug-likeness (QED) is 0.802. The number of hydrogen-bond donors (Lipinski definition) is 0. The van der Waals surface area contributed by atoms with Crippen molar-refractivity contribution in [3.8, 4) is 17.6 Å². The van der Waals surface area contributed by atoms with Crippen LogP contribution in [0.25, 0.3) is 6.08 Å². The molecule has 0 saturated heterocycles. The zero-order chi connectivity index (χ0) is 17.2. The summed E-state index contributed by atoms with van der Waals surface area (Å²) in [6.07, 6.45) is 1.34. The monoisotopic (exact) mass is 341 g/mol. The molecule has 0 saturated carbocycles. The Bertz CT molecular complexity index is 938. The number of fused-ring (bicyclic) bond motifs is 1. The summed E-state index contributed by atoms with van der Waals surface area (Å²) in [5.74, 6) is 1.15. The Morgan fingerprint density at radius 1 is 1.08 bits per heavy atom. The predicted octanol–water partition coefficient (Wildman–Crippen LogP) is 3.10. The minimum atomic E-state index is -3.86. The first-order valence-electron chi connectivity index (χ1n) is 7.34. The zero-order valence-electron chi connectivity index (χ0n) is 13.0. The highest BCUT2D eigenvalue weighted by Gasteiger charge is 2.21. The summed E-state index contributed by atoms with van der Waals surface area (Å²) >= 11 is 0. The van der Waals surface area contributed by atoms with E-state index in [0.29, 0.717) is 30.3 Å². The molecular weight excluding hydrogens is 326 g/mol. The molecule has 122 valence electrons. The third-order valence-electron chi connectivity index (χ3n) is 3.59. The van der Waals surface area contributed by atoms with E-state index >= 15 is 0 Å². The fraction of sp³-hybridized carbons (Fsp3) is 0.167. The van der Waals surface area contributed by atoms with Gasteiger partial charge in [0.05, 0.1) is 4.90 Å². The summed E-state index contributed by atoms with van der Waals surface area (Å²) < 4.78 is 36.1. The van der Waals surface area contributed by atoms with E-state index in [9.17, 15) is 13.7 Å². The largest absolute Gasteiger partial charge is 0.486 e. The van der Waals surface area contributed by atoms with Gasteiger partial charge in [0, 0.05) is 0 Å². The summed E-state index contributed by atoms with van der Waals surface area (Å²) in [6, 6.07) is 13.2. The van der Waals surface area contributed by atoms with Crippen molar-refractivity contribution in [3.63, 3.8) is 0 Å². The Balaban J connectivity index is 2.00. The predicted molar refractivity (Wildman–Crippen MR) is 89.4 cm³/mol. The maximum Gasteiger partial charge on any atom is 0.216 e. The molecule has 0 amide bonds. The van der Waals surface area contributed by atoms with E-state index in [0.717, 1.165) is 5.56 Å². The molecule has 0 N–H and O–H groups in total. The van der Waals surface area contributed by atoms with Gasteiger partial charge >= 0.3 is 0 Å². The first kappa shape index (κ1) is 16.1. The van der Waals surface area contributed by atoms with E-state index in [-0.39, 0.29) is 9.80 Å². The van der Waals surface area contributed by atoms with Gasteiger partial charge in [-0.1, -0.05) is 23.8 Å². The molecule has 0 spiro atoms. The highest BCUT2D eigenvalue weighted by molar-refractivity contribution is 7.95. The van der Waals surface area contributed by atoms with E-state index in [1.807, 2.05) is 6.92 Å². The number of benzene rings is 2. The van der Waals surface area contributed by atoms with Gasteiger partial charge in [-0.25, -0.2) is 8.42 Å². The van der Waals surface area contributed by atoms with Crippen molar-refractivity contribution in [3.05, 3.63) is 58.5 Å². The highest BCUT2D eigenvalue weighted by atomic mass is 32.2. The molecule has 0 fully saturated rings. The SMILES string of the molecule is Cc1ccc(S(=O)(=O)/C(C#N)=C\c2ccc3c(c2)OCCO3)cc1. The zero-order valence-corrected chi connectivity index (χ0v) is 13.8. The lowest BCUT2D eigenvalue weighted by Crippen LogP contribution is -2.15. The first-order valence-corrected chi connectivity index (χ1v) is 8.82. The van der Waals surface area contributed by atoms with Crippen LogP contribution in [0.1, 0.15) is 11.1 Å². The number of nitrogens with zero attached hydrogens (tertiary/aromatic N) is 1. The molecule has 2 aromatic rings. The molecule has 0 aromatic heterocycles. The van der Waals surface area contributed by atoms with E-state index in [4.69, 9.17) is 9.47 Å². The molecule has 0 unspecified atom stereocenters. The van der Waals surface area contributed by atoms with Crippen LogP contribution in [0.4, 0.5) is 0 Å². The number of sulfone groups is 1. The van der Waals surface area contributed by atoms with Crippen LogP contribution in [0.2, 0.25) is 0 Å². The molecule has 0 atom stereocenters. The van der Waals surface area contributed by atoms with Crippen LogP contribution < -0.4 is 9.47 Å². The van der Waals surface area contributed by atoms with Crippen LogP contribution >= 0.6 is 0 Å². The van der Waals surface area contributed by atoms with Crippen molar-refractivity contribution in [1.29, 1.82) is 5.26 Å². The number of allylic oxidation sites excluding steroid dienone is 1. The topological polar surface area (TPSA) is 76.4 Å². The van der Waals surface area contributed by atoms with E-state index < -0.39 is 9.84 Å². The Morgan fingerprint density at radius 3 is 2.42 bits per heavy atom. The van der Waals surface area contributed by atoms with Gasteiger partial charge in [-0.15, -0.1) is 0 Å². The van der Waals surface area contributed by atoms with Gasteiger partial charge in [-0.05, 0) is 42.8 Å². The Morgan fingerprint density at radius 2 is 1.75 bits per heavy atom. The van der Waals surface area contributed by atoms with Gasteiger partial charge < -0.3 is 9.47 Å². The molecule has 6 heteroatoms. The average molecular weight is 341 g/mol. The Kier molecular flexibility index (Phi) is 4.28. The van der Waals surface area contributed by atoms with Crippen molar-refractivity contribution in [2.24, 2.45) is 0 Å². The van der Waals surface area contributed by atoms with E-state index in [2.05, 4.69) is 0 Å². The van der Waals surface area contributed by atoms with Crippen molar-refractivity contribution in [2.75, 3.05) is 13.2 Å². The average Bonchev–Trinajstić information content (AvgIpc) is 2.59. The smallest absolute Gasteiger partial charge is 0.216 e. The molecule has 0 bridgehead atoms. The molecule has 1 aliphatic heterocycles. The second-order valence-corrected chi connectivity index (χ2v) is 7.26. The van der Waals surface area contributed by atoms with Gasteiger partial charge in [-0.2, -0.15) is 5.26 Å². The minimum Gasteiger partial charge on any atom is -0.486 e. The van der Waals surface area contributed by atoms with Crippen LogP contribution in [0.3, 0.4) is 0 Å². The second-order valence-electron chi connectivity index (χ2n) is 5.34. The standard InChI is InChI=1S/C18H15NO4S/c1-13-2-5-15(6-3-13)24(20,21)16(12-19)10-14-4-7-17-18(11-14)23-9-8-22-17/h2-7,10-11H,8-9H2,1H3/b16-10-. The van der Waals surface area contributed by atoms with Gasteiger partial charge in [-0.3, -0.25) is 0 Å². The molecule has 3 rings (SSSR count). The summed E-state index contributed by atoms with van der Waals surface area (Å²) in [4.78, 5) is -0.221. The summed E-state index contributed by atoms with van der Waals surface area (Å²) in [5.41, 5.74) is 1.51. The number of rotatable bonds is 3. The van der Waals surface area contributed by atoms with Crippen molar-refractivity contribution < 1.29 is 17.9 Å². The summed E-state index contributed by atoms with van der Waals surface area (Å²) in [5, 5.41) is 9.32. The normalized spacial score (nSPS) is 14.1. The Labute approximate surface area is 140 Å². The molecule has 5 nitrogen and oxygen atoms in total. The number of aryl methyl sites for hydroxylation is 1. The van der Waals surface area contributed by atoms with Crippen molar-refractivity contribution in [2.45, 2.75) is 11.8 Å². The molecule has 0 aliphatic carbocycles. The van der Waals surface area contributed by atoms with Crippen LogP contribution in [0.15, 0.2) is 52.3 Å².